The van der Waals surface area contributed by atoms with E-state index in [-0.39, 0.29) is 5.97 Å². The molecule has 0 aliphatic rings. The van der Waals surface area contributed by atoms with Crippen LogP contribution >= 0.6 is 0 Å². The molecule has 0 saturated heterocycles. The van der Waals surface area contributed by atoms with Crippen LogP contribution in [0.4, 0.5) is 0 Å². The molecule has 0 radical (unpaired) electrons. The average molecular weight is 311 g/mol. The van der Waals surface area contributed by atoms with Gasteiger partial charge in [0, 0.05) is 5.57 Å². The SMILES string of the molecule is C=C(C)C(=O)OCCCC(CCCCCCCC)C(C)(C)C. The summed E-state index contributed by atoms with van der Waals surface area (Å²) in [7, 11) is 0. The van der Waals surface area contributed by atoms with E-state index in [2.05, 4.69) is 34.3 Å². The van der Waals surface area contributed by atoms with Gasteiger partial charge in [-0.05, 0) is 37.5 Å². The Kier molecular flexibility index (Phi) is 11.3. The van der Waals surface area contributed by atoms with Crippen LogP contribution in [0.5, 0.6) is 0 Å². The minimum atomic E-state index is -0.261. The summed E-state index contributed by atoms with van der Waals surface area (Å²) in [5, 5.41) is 0. The van der Waals surface area contributed by atoms with Crippen molar-refractivity contribution in [2.75, 3.05) is 6.61 Å². The Morgan fingerprint density at radius 2 is 1.55 bits per heavy atom. The Bertz CT molecular complexity index is 312. The second-order valence-corrected chi connectivity index (χ2v) is 7.68. The van der Waals surface area contributed by atoms with Gasteiger partial charge < -0.3 is 4.74 Å². The first-order valence-corrected chi connectivity index (χ1v) is 9.11. The number of hydrogen-bond acceptors (Lipinski definition) is 2. The number of unbranched alkanes of at least 4 members (excludes halogenated alkanes) is 5. The fraction of sp³-hybridized carbons (Fsp3) is 0.850. The van der Waals surface area contributed by atoms with Gasteiger partial charge in [0.25, 0.3) is 0 Å². The van der Waals surface area contributed by atoms with E-state index in [9.17, 15) is 4.79 Å². The smallest absolute Gasteiger partial charge is 0.333 e. The molecule has 130 valence electrons. The van der Waals surface area contributed by atoms with Gasteiger partial charge in [0.2, 0.25) is 0 Å². The molecule has 1 atom stereocenters. The first-order chi connectivity index (χ1) is 10.3. The van der Waals surface area contributed by atoms with E-state index in [1.807, 2.05) is 0 Å². The fourth-order valence-corrected chi connectivity index (χ4v) is 2.80. The van der Waals surface area contributed by atoms with E-state index in [0.29, 0.717) is 23.5 Å². The summed E-state index contributed by atoms with van der Waals surface area (Å²) in [6, 6.07) is 0. The Labute approximate surface area is 138 Å². The van der Waals surface area contributed by atoms with Gasteiger partial charge in [0.1, 0.15) is 0 Å². The summed E-state index contributed by atoms with van der Waals surface area (Å²) >= 11 is 0. The van der Waals surface area contributed by atoms with Crippen LogP contribution in [0.2, 0.25) is 0 Å². The van der Waals surface area contributed by atoms with E-state index in [1.165, 1.54) is 44.9 Å². The molecule has 0 heterocycles. The second kappa shape index (κ2) is 11.7. The highest BCUT2D eigenvalue weighted by Gasteiger charge is 2.23. The lowest BCUT2D eigenvalue weighted by atomic mass is 9.75. The van der Waals surface area contributed by atoms with Gasteiger partial charge >= 0.3 is 5.97 Å². The minimum Gasteiger partial charge on any atom is -0.462 e. The predicted octanol–water partition coefficient (Wildman–Crippen LogP) is 6.30. The molecule has 0 saturated carbocycles. The molecule has 0 bridgehead atoms. The van der Waals surface area contributed by atoms with Crippen molar-refractivity contribution in [2.45, 2.75) is 92.4 Å². The third-order valence-electron chi connectivity index (χ3n) is 4.41. The molecule has 0 aromatic rings. The first kappa shape index (κ1) is 21.2. The van der Waals surface area contributed by atoms with E-state index >= 15 is 0 Å². The van der Waals surface area contributed by atoms with Crippen molar-refractivity contribution >= 4 is 5.97 Å². The van der Waals surface area contributed by atoms with Crippen molar-refractivity contribution in [1.29, 1.82) is 0 Å². The average Bonchev–Trinajstić information content (AvgIpc) is 2.42. The largest absolute Gasteiger partial charge is 0.462 e. The van der Waals surface area contributed by atoms with Gasteiger partial charge in [-0.1, -0.05) is 72.8 Å². The molecule has 1 unspecified atom stereocenters. The number of carbonyl (C=O) groups is 1. The molecule has 0 aliphatic carbocycles. The maximum atomic E-state index is 11.4. The van der Waals surface area contributed by atoms with Gasteiger partial charge in [-0.25, -0.2) is 4.79 Å². The van der Waals surface area contributed by atoms with Crippen LogP contribution in [-0.4, -0.2) is 12.6 Å². The maximum absolute atomic E-state index is 11.4. The van der Waals surface area contributed by atoms with Crippen molar-refractivity contribution in [3.63, 3.8) is 0 Å². The number of carbonyl (C=O) groups excluding carboxylic acids is 1. The molecule has 2 nitrogen and oxygen atoms in total. The summed E-state index contributed by atoms with van der Waals surface area (Å²) in [6.07, 6.45) is 11.5. The summed E-state index contributed by atoms with van der Waals surface area (Å²) in [5.41, 5.74) is 0.821. The summed E-state index contributed by atoms with van der Waals surface area (Å²) in [4.78, 5) is 11.4. The third kappa shape index (κ3) is 10.9. The quantitative estimate of drug-likeness (QED) is 0.240. The molecular weight excluding hydrogens is 272 g/mol. The van der Waals surface area contributed by atoms with Gasteiger partial charge in [-0.3, -0.25) is 0 Å². The lowest BCUT2D eigenvalue weighted by Gasteiger charge is -2.31. The lowest BCUT2D eigenvalue weighted by molar-refractivity contribution is -0.139. The molecule has 0 aliphatic heterocycles. The standard InChI is InChI=1S/C20H38O2/c1-7-8-9-10-11-12-14-18(20(4,5)6)15-13-16-22-19(21)17(2)3/h18H,2,7-16H2,1,3-6H3. The highest BCUT2D eigenvalue weighted by atomic mass is 16.5. The second-order valence-electron chi connectivity index (χ2n) is 7.68. The van der Waals surface area contributed by atoms with E-state index < -0.39 is 0 Å². The number of rotatable bonds is 12. The van der Waals surface area contributed by atoms with Crippen molar-refractivity contribution in [2.24, 2.45) is 11.3 Å². The maximum Gasteiger partial charge on any atom is 0.333 e. The number of esters is 1. The molecule has 0 aromatic heterocycles. The zero-order valence-electron chi connectivity index (χ0n) is 15.7. The zero-order valence-corrected chi connectivity index (χ0v) is 15.7. The normalized spacial score (nSPS) is 13.0. The van der Waals surface area contributed by atoms with Crippen LogP contribution < -0.4 is 0 Å². The molecule has 0 fully saturated rings. The highest BCUT2D eigenvalue weighted by Crippen LogP contribution is 2.34. The van der Waals surface area contributed by atoms with Crippen molar-refractivity contribution < 1.29 is 9.53 Å². The minimum absolute atomic E-state index is 0.261. The van der Waals surface area contributed by atoms with Gasteiger partial charge in [0.05, 0.1) is 6.61 Å². The fourth-order valence-electron chi connectivity index (χ4n) is 2.80. The summed E-state index contributed by atoms with van der Waals surface area (Å²) in [6.45, 7) is 15.1. The lowest BCUT2D eigenvalue weighted by Crippen LogP contribution is -2.21. The molecular formula is C20H38O2. The van der Waals surface area contributed by atoms with E-state index in [0.717, 1.165) is 12.8 Å². The molecule has 0 spiro atoms. The van der Waals surface area contributed by atoms with Crippen LogP contribution in [0, 0.1) is 11.3 Å². The molecule has 22 heavy (non-hydrogen) atoms. The monoisotopic (exact) mass is 310 g/mol. The third-order valence-corrected chi connectivity index (χ3v) is 4.41. The zero-order chi connectivity index (χ0) is 17.0. The van der Waals surface area contributed by atoms with Crippen LogP contribution in [0.3, 0.4) is 0 Å². The molecule has 0 aromatic carbocycles. The first-order valence-electron chi connectivity index (χ1n) is 9.11. The topological polar surface area (TPSA) is 26.3 Å². The van der Waals surface area contributed by atoms with Gasteiger partial charge in [-0.2, -0.15) is 0 Å². The van der Waals surface area contributed by atoms with Crippen LogP contribution in [-0.2, 0) is 9.53 Å². The van der Waals surface area contributed by atoms with Gasteiger partial charge in [0.15, 0.2) is 0 Å². The van der Waals surface area contributed by atoms with Crippen LogP contribution in [0.15, 0.2) is 12.2 Å². The summed E-state index contributed by atoms with van der Waals surface area (Å²) in [5.74, 6) is 0.449. The van der Waals surface area contributed by atoms with E-state index in [1.54, 1.807) is 6.92 Å². The highest BCUT2D eigenvalue weighted by molar-refractivity contribution is 5.86. The molecule has 0 amide bonds. The Morgan fingerprint density at radius 3 is 2.09 bits per heavy atom. The Hall–Kier alpha value is -0.790. The van der Waals surface area contributed by atoms with Crippen LogP contribution in [0.25, 0.3) is 0 Å². The van der Waals surface area contributed by atoms with Crippen molar-refractivity contribution in [3.8, 4) is 0 Å². The Balaban J connectivity index is 3.94. The molecule has 0 N–H and O–H groups in total. The predicted molar refractivity (Wildman–Crippen MR) is 95.9 cm³/mol. The number of ether oxygens (including phenoxy) is 1. The van der Waals surface area contributed by atoms with E-state index in [4.69, 9.17) is 4.74 Å². The van der Waals surface area contributed by atoms with Crippen molar-refractivity contribution in [1.82, 2.24) is 0 Å². The molecule has 2 heteroatoms. The number of hydrogen-bond donors (Lipinski definition) is 0. The van der Waals surface area contributed by atoms with Gasteiger partial charge in [-0.15, -0.1) is 0 Å². The summed E-state index contributed by atoms with van der Waals surface area (Å²) < 4.78 is 5.20. The Morgan fingerprint density at radius 1 is 1.00 bits per heavy atom. The van der Waals surface area contributed by atoms with Crippen LogP contribution in [0.1, 0.15) is 92.4 Å². The molecule has 0 rings (SSSR count). The van der Waals surface area contributed by atoms with Crippen molar-refractivity contribution in [3.05, 3.63) is 12.2 Å².